The number of aromatic amines is 1. The molecule has 1 aliphatic heterocycles. The number of carbonyl (C=O) groups excluding carboxylic acids is 2. The Labute approximate surface area is 131 Å². The van der Waals surface area contributed by atoms with Crippen LogP contribution in [0.3, 0.4) is 0 Å². The highest BCUT2D eigenvalue weighted by Crippen LogP contribution is 2.35. The van der Waals surface area contributed by atoms with E-state index in [4.69, 9.17) is 4.74 Å². The van der Waals surface area contributed by atoms with Crippen molar-refractivity contribution in [1.29, 1.82) is 0 Å². The predicted octanol–water partition coefficient (Wildman–Crippen LogP) is 2.63. The van der Waals surface area contributed by atoms with Crippen LogP contribution in [0.15, 0.2) is 24.3 Å². The third-order valence-corrected chi connectivity index (χ3v) is 4.27. The van der Waals surface area contributed by atoms with Gasteiger partial charge in [-0.1, -0.05) is 0 Å². The molecule has 3 aromatic rings. The van der Waals surface area contributed by atoms with Crippen molar-refractivity contribution >= 4 is 39.6 Å². The molecule has 2 N–H and O–H groups in total. The van der Waals surface area contributed by atoms with Crippen molar-refractivity contribution in [3.05, 3.63) is 24.3 Å². The van der Waals surface area contributed by atoms with E-state index < -0.39 is 17.6 Å². The van der Waals surface area contributed by atoms with Gasteiger partial charge in [-0.15, -0.1) is 0 Å². The lowest BCUT2D eigenvalue weighted by atomic mass is 10.1. The molecular formula is C16H15N3O4. The number of carbonyl (C=O) groups is 2. The summed E-state index contributed by atoms with van der Waals surface area (Å²) < 4.78 is 6.77. The number of hydrogen-bond acceptors (Lipinski definition) is 4. The van der Waals surface area contributed by atoms with Crippen molar-refractivity contribution in [1.82, 2.24) is 9.55 Å². The molecule has 7 nitrogen and oxygen atoms in total. The highest BCUT2D eigenvalue weighted by atomic mass is 16.6. The van der Waals surface area contributed by atoms with Crippen molar-refractivity contribution in [3.8, 4) is 5.88 Å². The summed E-state index contributed by atoms with van der Waals surface area (Å²) in [4.78, 5) is 28.4. The van der Waals surface area contributed by atoms with E-state index in [1.807, 2.05) is 12.1 Å². The lowest BCUT2D eigenvalue weighted by Gasteiger charge is -2.12. The number of rotatable bonds is 1. The van der Waals surface area contributed by atoms with E-state index in [-0.39, 0.29) is 5.88 Å². The molecule has 2 aromatic heterocycles. The molecule has 1 aliphatic rings. The van der Waals surface area contributed by atoms with Crippen LogP contribution in [-0.4, -0.2) is 32.3 Å². The van der Waals surface area contributed by atoms with Gasteiger partial charge in [0.15, 0.2) is 11.5 Å². The number of nitrogens with zero attached hydrogens (tertiary/aromatic N) is 2. The van der Waals surface area contributed by atoms with Gasteiger partial charge in [0.2, 0.25) is 0 Å². The molecular weight excluding hydrogens is 298 g/mol. The van der Waals surface area contributed by atoms with Gasteiger partial charge < -0.3 is 19.4 Å². The number of hydrogen-bond donors (Lipinski definition) is 2. The van der Waals surface area contributed by atoms with E-state index in [2.05, 4.69) is 4.98 Å². The number of fused-ring (bicyclic) bond motifs is 3. The fourth-order valence-electron chi connectivity index (χ4n) is 2.98. The van der Waals surface area contributed by atoms with E-state index in [0.29, 0.717) is 5.82 Å². The maximum absolute atomic E-state index is 12.4. The van der Waals surface area contributed by atoms with Gasteiger partial charge in [-0.25, -0.2) is 4.79 Å². The zero-order valence-electron chi connectivity index (χ0n) is 12.9. The van der Waals surface area contributed by atoms with Gasteiger partial charge in [0.25, 0.3) is 5.91 Å². The van der Waals surface area contributed by atoms with Crippen LogP contribution in [0.2, 0.25) is 0 Å². The topological polar surface area (TPSA) is 87.6 Å². The second kappa shape index (κ2) is 4.07. The van der Waals surface area contributed by atoms with Gasteiger partial charge in [-0.05, 0) is 32.0 Å². The number of amides is 2. The number of H-pyrrole nitrogens is 1. The molecule has 2 amide bonds. The summed E-state index contributed by atoms with van der Waals surface area (Å²) >= 11 is 0. The highest BCUT2D eigenvalue weighted by Gasteiger charge is 2.48. The molecule has 0 bridgehead atoms. The molecule has 1 saturated heterocycles. The third kappa shape index (κ3) is 1.70. The largest absolute Gasteiger partial charge is 0.494 e. The van der Waals surface area contributed by atoms with Crippen LogP contribution in [-0.2, 0) is 16.6 Å². The third-order valence-electron chi connectivity index (χ3n) is 4.27. The Morgan fingerprint density at radius 2 is 1.91 bits per heavy atom. The van der Waals surface area contributed by atoms with Crippen molar-refractivity contribution in [2.45, 2.75) is 19.4 Å². The molecule has 1 aromatic carbocycles. The number of benzene rings is 1. The second-order valence-corrected chi connectivity index (χ2v) is 6.19. The highest BCUT2D eigenvalue weighted by molar-refractivity contribution is 6.20. The van der Waals surface area contributed by atoms with Crippen LogP contribution < -0.4 is 4.90 Å². The summed E-state index contributed by atoms with van der Waals surface area (Å²) in [6.07, 6.45) is -0.696. The van der Waals surface area contributed by atoms with Crippen molar-refractivity contribution in [2.75, 3.05) is 4.90 Å². The van der Waals surface area contributed by atoms with E-state index in [1.54, 1.807) is 37.6 Å². The molecule has 4 rings (SSSR count). The lowest BCUT2D eigenvalue weighted by molar-refractivity contribution is -0.127. The van der Waals surface area contributed by atoms with Gasteiger partial charge in [0, 0.05) is 29.4 Å². The molecule has 0 unspecified atom stereocenters. The molecule has 0 aliphatic carbocycles. The second-order valence-electron chi connectivity index (χ2n) is 6.19. The Balaban J connectivity index is 1.93. The lowest BCUT2D eigenvalue weighted by Crippen LogP contribution is -2.36. The first-order chi connectivity index (χ1) is 10.8. The van der Waals surface area contributed by atoms with E-state index >= 15 is 0 Å². The minimum atomic E-state index is -1.17. The summed E-state index contributed by atoms with van der Waals surface area (Å²) in [5.41, 5.74) is 0.453. The Bertz CT molecular complexity index is 996. The quantitative estimate of drug-likeness (QED) is 0.723. The molecule has 118 valence electrons. The number of nitrogens with one attached hydrogen (secondary N) is 1. The fourth-order valence-corrected chi connectivity index (χ4v) is 2.98. The standard InChI is InChI=1S/C16H15N3O4/c1-16(2)14(21)19(15(22)23-16)12-6-8-9-7-13(20)18(3)11(9)5-4-10(8)17-12/h4-7,17,20H,1-3H3. The summed E-state index contributed by atoms with van der Waals surface area (Å²) in [6.45, 7) is 3.12. The van der Waals surface area contributed by atoms with Crippen molar-refractivity contribution < 1.29 is 19.4 Å². The molecule has 0 radical (unpaired) electrons. The summed E-state index contributed by atoms with van der Waals surface area (Å²) in [5.74, 6) is 0.0886. The van der Waals surface area contributed by atoms with E-state index in [0.717, 1.165) is 26.7 Å². The number of imide groups is 1. The van der Waals surface area contributed by atoms with Crippen LogP contribution in [0.25, 0.3) is 21.8 Å². The van der Waals surface area contributed by atoms with E-state index in [9.17, 15) is 14.7 Å². The number of ether oxygens (including phenoxy) is 1. The Hall–Kier alpha value is -2.96. The fraction of sp³-hybridized carbons (Fsp3) is 0.250. The van der Waals surface area contributed by atoms with Gasteiger partial charge in [-0.3, -0.25) is 4.79 Å². The van der Waals surface area contributed by atoms with Crippen LogP contribution in [0.4, 0.5) is 10.6 Å². The van der Waals surface area contributed by atoms with Crippen molar-refractivity contribution in [2.24, 2.45) is 7.05 Å². The number of aryl methyl sites for hydroxylation is 1. The van der Waals surface area contributed by atoms with Gasteiger partial charge >= 0.3 is 6.09 Å². The average molecular weight is 313 g/mol. The Morgan fingerprint density at radius 3 is 2.57 bits per heavy atom. The first-order valence-corrected chi connectivity index (χ1v) is 7.17. The van der Waals surface area contributed by atoms with Crippen LogP contribution >= 0.6 is 0 Å². The SMILES string of the molecule is Cn1c(O)cc2c3cc(N4C(=O)OC(C)(C)C4=O)[nH]c3ccc21. The smallest absolute Gasteiger partial charge is 0.423 e. The number of cyclic esters (lactones) is 1. The first kappa shape index (κ1) is 13.7. The van der Waals surface area contributed by atoms with Crippen molar-refractivity contribution in [3.63, 3.8) is 0 Å². The van der Waals surface area contributed by atoms with Gasteiger partial charge in [0.05, 0.1) is 5.52 Å². The minimum Gasteiger partial charge on any atom is -0.494 e. The molecule has 0 spiro atoms. The van der Waals surface area contributed by atoms with Gasteiger partial charge in [0.1, 0.15) is 5.82 Å². The summed E-state index contributed by atoms with van der Waals surface area (Å²) in [7, 11) is 1.76. The molecule has 7 heteroatoms. The average Bonchev–Trinajstić information content (AvgIpc) is 3.06. The molecule has 23 heavy (non-hydrogen) atoms. The minimum absolute atomic E-state index is 0.146. The Morgan fingerprint density at radius 1 is 1.17 bits per heavy atom. The van der Waals surface area contributed by atoms with Crippen LogP contribution in [0.5, 0.6) is 5.88 Å². The number of aromatic hydroxyl groups is 1. The monoisotopic (exact) mass is 313 g/mol. The summed E-state index contributed by atoms with van der Waals surface area (Å²) in [6, 6.07) is 7.09. The number of anilines is 1. The number of aromatic nitrogens is 2. The molecule has 0 atom stereocenters. The Kier molecular flexibility index (Phi) is 2.42. The zero-order valence-corrected chi connectivity index (χ0v) is 12.9. The first-order valence-electron chi connectivity index (χ1n) is 7.17. The predicted molar refractivity (Wildman–Crippen MR) is 84.5 cm³/mol. The van der Waals surface area contributed by atoms with E-state index in [1.165, 1.54) is 0 Å². The maximum Gasteiger partial charge on any atom is 0.423 e. The molecule has 1 fully saturated rings. The van der Waals surface area contributed by atoms with Crippen LogP contribution in [0, 0.1) is 0 Å². The zero-order chi connectivity index (χ0) is 16.5. The summed E-state index contributed by atoms with van der Waals surface area (Å²) in [5, 5.41) is 11.5. The maximum atomic E-state index is 12.4. The molecule has 0 saturated carbocycles. The normalized spacial score (nSPS) is 17.4. The van der Waals surface area contributed by atoms with Crippen LogP contribution in [0.1, 0.15) is 13.8 Å². The van der Waals surface area contributed by atoms with Gasteiger partial charge in [-0.2, -0.15) is 4.90 Å². The molecule has 3 heterocycles.